The molecule has 0 bridgehead atoms. The predicted molar refractivity (Wildman–Crippen MR) is 138 cm³/mol. The van der Waals surface area contributed by atoms with Crippen LogP contribution in [0.4, 0.5) is 4.79 Å². The molecule has 0 spiro atoms. The third-order valence-corrected chi connectivity index (χ3v) is 6.99. The molecule has 0 radical (unpaired) electrons. The maximum atomic E-state index is 13.0. The van der Waals surface area contributed by atoms with E-state index in [2.05, 4.69) is 0 Å². The molecule has 0 aliphatic heterocycles. The van der Waals surface area contributed by atoms with Crippen LogP contribution in [0.15, 0.2) is 36.4 Å². The Labute approximate surface area is 221 Å². The molecule has 2 aromatic rings. The molecule has 0 fully saturated rings. The van der Waals surface area contributed by atoms with E-state index in [1.54, 1.807) is 52.9 Å². The van der Waals surface area contributed by atoms with Crippen LogP contribution in [0.25, 0.3) is 0 Å². The number of carbonyl (C=O) groups is 2. The second kappa shape index (κ2) is 11.4. The van der Waals surface area contributed by atoms with Gasteiger partial charge in [-0.05, 0) is 74.9 Å². The Morgan fingerprint density at radius 2 is 1.81 bits per heavy atom. The number of fused-ring (bicyclic) bond motifs is 1. The Morgan fingerprint density at radius 3 is 2.42 bits per heavy atom. The Kier molecular flexibility index (Phi) is 8.93. The summed E-state index contributed by atoms with van der Waals surface area (Å²) in [5.41, 5.74) is 2.10. The van der Waals surface area contributed by atoms with E-state index in [1.165, 1.54) is 4.90 Å². The second-order valence-electron chi connectivity index (χ2n) is 9.90. The van der Waals surface area contributed by atoms with Gasteiger partial charge in [0.15, 0.2) is 6.10 Å². The fourth-order valence-corrected chi connectivity index (χ4v) is 4.93. The number of carbonyl (C=O) groups excluding carboxylic acids is 2. The number of rotatable bonds is 6. The van der Waals surface area contributed by atoms with Crippen molar-refractivity contribution in [2.75, 3.05) is 13.7 Å². The third-order valence-electron chi connectivity index (χ3n) is 6.25. The number of hydrogen-bond donors (Lipinski definition) is 2. The van der Waals surface area contributed by atoms with Gasteiger partial charge in [-0.25, -0.2) is 9.59 Å². The van der Waals surface area contributed by atoms with Crippen molar-refractivity contribution in [1.29, 1.82) is 0 Å². The molecule has 0 aromatic heterocycles. The van der Waals surface area contributed by atoms with Crippen molar-refractivity contribution in [2.45, 2.75) is 70.3 Å². The first-order valence-corrected chi connectivity index (χ1v) is 12.7. The standard InChI is InChI=1S/C27H33Cl2NO6/c1-6-35-25(33)24(32)23(31)18-9-7-8-17-16(15-10-12-19(28)20(29)14-15)11-13-21(22(17)18)30(5)26(34)36-27(2,3)4/h7-10,12,14,16,21,23-24,31-32H,6,11,13H2,1-5H3/t16-,21-,23?,24?/m0/s1. The average Bonchev–Trinajstić information content (AvgIpc) is 2.82. The minimum atomic E-state index is -1.78. The molecule has 2 aromatic carbocycles. The molecule has 3 rings (SSSR count). The molecule has 196 valence electrons. The van der Waals surface area contributed by atoms with E-state index in [4.69, 9.17) is 32.7 Å². The number of halogens is 2. The molecular weight excluding hydrogens is 505 g/mol. The molecule has 36 heavy (non-hydrogen) atoms. The Hall–Kier alpha value is -2.32. The number of aliphatic hydroxyl groups is 2. The highest BCUT2D eigenvalue weighted by molar-refractivity contribution is 6.42. The lowest BCUT2D eigenvalue weighted by molar-refractivity contribution is -0.159. The number of aliphatic hydroxyl groups excluding tert-OH is 2. The van der Waals surface area contributed by atoms with Gasteiger partial charge in [0.2, 0.25) is 0 Å². The number of hydrogen-bond acceptors (Lipinski definition) is 6. The van der Waals surface area contributed by atoms with E-state index in [0.717, 1.165) is 11.1 Å². The quantitative estimate of drug-likeness (QED) is 0.453. The lowest BCUT2D eigenvalue weighted by atomic mass is 9.73. The van der Waals surface area contributed by atoms with Crippen molar-refractivity contribution < 1.29 is 29.3 Å². The summed E-state index contributed by atoms with van der Waals surface area (Å²) in [5.74, 6) is -1.03. The van der Waals surface area contributed by atoms with Crippen LogP contribution < -0.4 is 0 Å². The van der Waals surface area contributed by atoms with Gasteiger partial charge in [0.25, 0.3) is 0 Å². The molecule has 0 saturated carbocycles. The number of amides is 1. The highest BCUT2D eigenvalue weighted by Gasteiger charge is 2.39. The van der Waals surface area contributed by atoms with Crippen molar-refractivity contribution in [3.05, 3.63) is 68.7 Å². The van der Waals surface area contributed by atoms with Crippen LogP contribution in [-0.2, 0) is 14.3 Å². The van der Waals surface area contributed by atoms with Gasteiger partial charge in [-0.3, -0.25) is 0 Å². The van der Waals surface area contributed by atoms with Gasteiger partial charge >= 0.3 is 12.1 Å². The summed E-state index contributed by atoms with van der Waals surface area (Å²) in [5, 5.41) is 22.5. The predicted octanol–water partition coefficient (Wildman–Crippen LogP) is 5.78. The number of nitrogens with zero attached hydrogens (tertiary/aromatic N) is 1. The smallest absolute Gasteiger partial charge is 0.410 e. The summed E-state index contributed by atoms with van der Waals surface area (Å²) in [6, 6.07) is 10.3. The van der Waals surface area contributed by atoms with E-state index >= 15 is 0 Å². The highest BCUT2D eigenvalue weighted by atomic mass is 35.5. The van der Waals surface area contributed by atoms with E-state index in [9.17, 15) is 19.8 Å². The van der Waals surface area contributed by atoms with Gasteiger partial charge in [-0.2, -0.15) is 0 Å². The lowest BCUT2D eigenvalue weighted by Gasteiger charge is -2.39. The summed E-state index contributed by atoms with van der Waals surface area (Å²) >= 11 is 12.4. The van der Waals surface area contributed by atoms with Gasteiger partial charge in [-0.1, -0.05) is 47.5 Å². The fraction of sp³-hybridized carbons (Fsp3) is 0.481. The van der Waals surface area contributed by atoms with Crippen LogP contribution in [0, 0.1) is 0 Å². The summed E-state index contributed by atoms with van der Waals surface area (Å²) < 4.78 is 10.5. The van der Waals surface area contributed by atoms with Crippen molar-refractivity contribution in [2.24, 2.45) is 0 Å². The van der Waals surface area contributed by atoms with Crippen molar-refractivity contribution >= 4 is 35.3 Å². The highest BCUT2D eigenvalue weighted by Crippen LogP contribution is 2.47. The molecule has 2 unspecified atom stereocenters. The maximum Gasteiger partial charge on any atom is 0.410 e. The Bertz CT molecular complexity index is 1120. The normalized spacial score (nSPS) is 19.1. The van der Waals surface area contributed by atoms with Crippen molar-refractivity contribution in [1.82, 2.24) is 4.90 Å². The first-order chi connectivity index (χ1) is 16.9. The maximum absolute atomic E-state index is 13.0. The van der Waals surface area contributed by atoms with Gasteiger partial charge in [-0.15, -0.1) is 0 Å². The Balaban J connectivity index is 2.12. The molecule has 9 heteroatoms. The molecule has 1 amide bonds. The van der Waals surface area contributed by atoms with Crippen LogP contribution in [0.1, 0.15) is 80.9 Å². The minimum Gasteiger partial charge on any atom is -0.464 e. The van der Waals surface area contributed by atoms with E-state index in [1.807, 2.05) is 18.2 Å². The Morgan fingerprint density at radius 1 is 1.11 bits per heavy atom. The zero-order valence-corrected chi connectivity index (χ0v) is 22.6. The minimum absolute atomic E-state index is 0.0684. The van der Waals surface area contributed by atoms with Crippen molar-refractivity contribution in [3.63, 3.8) is 0 Å². The average molecular weight is 538 g/mol. The largest absolute Gasteiger partial charge is 0.464 e. The van der Waals surface area contributed by atoms with Gasteiger partial charge in [0, 0.05) is 13.0 Å². The molecule has 2 N–H and O–H groups in total. The SMILES string of the molecule is CCOC(=O)C(O)C(O)c1cccc2c1[C@@H](N(C)C(=O)OC(C)(C)C)CC[C@H]2c1ccc(Cl)c(Cl)c1. The summed E-state index contributed by atoms with van der Waals surface area (Å²) in [6.45, 7) is 7.06. The molecule has 1 aliphatic rings. The third kappa shape index (κ3) is 6.14. The summed E-state index contributed by atoms with van der Waals surface area (Å²) in [7, 11) is 1.65. The van der Waals surface area contributed by atoms with E-state index < -0.39 is 35.9 Å². The number of benzene rings is 2. The fourth-order valence-electron chi connectivity index (χ4n) is 4.62. The summed E-state index contributed by atoms with van der Waals surface area (Å²) in [6.07, 6.45) is -2.62. The van der Waals surface area contributed by atoms with Crippen LogP contribution in [-0.4, -0.2) is 52.5 Å². The van der Waals surface area contributed by atoms with Crippen LogP contribution in [0.3, 0.4) is 0 Å². The zero-order chi connectivity index (χ0) is 26.8. The van der Waals surface area contributed by atoms with Gasteiger partial charge in [0.1, 0.15) is 11.7 Å². The van der Waals surface area contributed by atoms with Crippen LogP contribution in [0.5, 0.6) is 0 Å². The molecule has 4 atom stereocenters. The zero-order valence-electron chi connectivity index (χ0n) is 21.1. The van der Waals surface area contributed by atoms with Gasteiger partial charge < -0.3 is 24.6 Å². The molecular formula is C27H33Cl2NO6. The topological polar surface area (TPSA) is 96.3 Å². The van der Waals surface area contributed by atoms with Crippen molar-refractivity contribution in [3.8, 4) is 0 Å². The molecule has 1 aliphatic carbocycles. The number of ether oxygens (including phenoxy) is 2. The lowest BCUT2D eigenvalue weighted by Crippen LogP contribution is -2.39. The number of esters is 1. The second-order valence-corrected chi connectivity index (χ2v) is 10.7. The summed E-state index contributed by atoms with van der Waals surface area (Å²) in [4.78, 5) is 26.7. The first-order valence-electron chi connectivity index (χ1n) is 11.9. The van der Waals surface area contributed by atoms with E-state index in [0.29, 0.717) is 34.0 Å². The van der Waals surface area contributed by atoms with E-state index in [-0.39, 0.29) is 12.5 Å². The molecule has 7 nitrogen and oxygen atoms in total. The monoisotopic (exact) mass is 537 g/mol. The van der Waals surface area contributed by atoms with Gasteiger partial charge in [0.05, 0.1) is 22.7 Å². The van der Waals surface area contributed by atoms with Crippen LogP contribution in [0.2, 0.25) is 10.0 Å². The molecule has 0 heterocycles. The first kappa shape index (κ1) is 28.3. The molecule has 0 saturated heterocycles. The van der Waals surface area contributed by atoms with Crippen LogP contribution >= 0.6 is 23.2 Å².